The number of nitrogens with one attached hydrogen (secondary N) is 1. The minimum atomic E-state index is -0.538. The summed E-state index contributed by atoms with van der Waals surface area (Å²) < 4.78 is 0. The number of thioether (sulfide) groups is 1. The van der Waals surface area contributed by atoms with E-state index in [1.165, 1.54) is 0 Å². The third-order valence-corrected chi connectivity index (χ3v) is 8.78. The van der Waals surface area contributed by atoms with Crippen molar-refractivity contribution in [3.8, 4) is 0 Å². The van der Waals surface area contributed by atoms with E-state index in [9.17, 15) is 4.79 Å². The molecule has 0 saturated carbocycles. The second kappa shape index (κ2) is 9.71. The van der Waals surface area contributed by atoms with Crippen molar-refractivity contribution in [2.45, 2.75) is 44.0 Å². The Morgan fingerprint density at radius 1 is 1.05 bits per heavy atom. The number of benzene rings is 1. The van der Waals surface area contributed by atoms with Gasteiger partial charge in [0, 0.05) is 41.7 Å². The molecule has 196 valence electrons. The van der Waals surface area contributed by atoms with E-state index in [1.807, 2.05) is 19.1 Å². The SMILES string of the molecule is Cc1cnc(CNC(=O)C2=C3Sc4ccccc4N3c3nc(N4CCCN(C)CC4)ccc3C2(C)C)cn1. The number of pyridine rings is 1. The first-order chi connectivity index (χ1) is 18.3. The summed E-state index contributed by atoms with van der Waals surface area (Å²) in [5.41, 5.74) is 3.91. The van der Waals surface area contributed by atoms with Crippen molar-refractivity contribution in [1.29, 1.82) is 0 Å². The van der Waals surface area contributed by atoms with Crippen molar-refractivity contribution in [3.63, 3.8) is 0 Å². The number of fused-ring (bicyclic) bond motifs is 5. The lowest BCUT2D eigenvalue weighted by Gasteiger charge is -2.39. The summed E-state index contributed by atoms with van der Waals surface area (Å²) in [5.74, 6) is 1.82. The van der Waals surface area contributed by atoms with Gasteiger partial charge in [-0.15, -0.1) is 0 Å². The van der Waals surface area contributed by atoms with Gasteiger partial charge in [0.25, 0.3) is 5.91 Å². The number of carbonyl (C=O) groups excluding carboxylic acids is 1. The van der Waals surface area contributed by atoms with E-state index in [0.29, 0.717) is 6.54 Å². The molecule has 1 N–H and O–H groups in total. The second-order valence-electron chi connectivity index (χ2n) is 10.7. The lowest BCUT2D eigenvalue weighted by molar-refractivity contribution is -0.118. The highest BCUT2D eigenvalue weighted by atomic mass is 32.2. The summed E-state index contributed by atoms with van der Waals surface area (Å²) >= 11 is 1.65. The molecule has 0 radical (unpaired) electrons. The molecular weight excluding hydrogens is 494 g/mol. The van der Waals surface area contributed by atoms with Crippen molar-refractivity contribution in [2.24, 2.45) is 0 Å². The van der Waals surface area contributed by atoms with E-state index in [0.717, 1.165) is 82.4 Å². The minimum absolute atomic E-state index is 0.0945. The van der Waals surface area contributed by atoms with Gasteiger partial charge in [-0.25, -0.2) is 4.98 Å². The molecule has 8 nitrogen and oxygen atoms in total. The number of hydrogen-bond acceptors (Lipinski definition) is 8. The molecular formula is C29H33N7OS. The van der Waals surface area contributed by atoms with Gasteiger partial charge in [-0.05, 0) is 45.1 Å². The first-order valence-electron chi connectivity index (χ1n) is 13.2. The number of aryl methyl sites for hydroxylation is 1. The monoisotopic (exact) mass is 527 g/mol. The van der Waals surface area contributed by atoms with E-state index >= 15 is 0 Å². The summed E-state index contributed by atoms with van der Waals surface area (Å²) in [6.45, 7) is 10.5. The highest BCUT2D eigenvalue weighted by Crippen LogP contribution is 2.58. The van der Waals surface area contributed by atoms with Crippen molar-refractivity contribution in [2.75, 3.05) is 43.0 Å². The fourth-order valence-corrected chi connectivity index (χ4v) is 6.81. The predicted molar refractivity (Wildman–Crippen MR) is 152 cm³/mol. The largest absolute Gasteiger partial charge is 0.355 e. The average Bonchev–Trinajstić information content (AvgIpc) is 3.14. The topological polar surface area (TPSA) is 77.5 Å². The zero-order chi connectivity index (χ0) is 26.4. The first-order valence-corrected chi connectivity index (χ1v) is 14.0. The molecule has 2 aromatic heterocycles. The fourth-order valence-electron chi connectivity index (χ4n) is 5.46. The molecule has 5 heterocycles. The van der Waals surface area contributed by atoms with E-state index in [-0.39, 0.29) is 5.91 Å². The van der Waals surface area contributed by atoms with Crippen LogP contribution < -0.4 is 15.1 Å². The molecule has 0 aliphatic carbocycles. The molecule has 1 saturated heterocycles. The number of anilines is 3. The van der Waals surface area contributed by atoms with E-state index in [1.54, 1.807) is 24.2 Å². The Hall–Kier alpha value is -3.43. The zero-order valence-corrected chi connectivity index (χ0v) is 23.2. The molecule has 6 rings (SSSR count). The molecule has 0 bridgehead atoms. The number of nitrogens with zero attached hydrogens (tertiary/aromatic N) is 6. The van der Waals surface area contributed by atoms with Crippen molar-refractivity contribution < 1.29 is 4.79 Å². The Bertz CT molecular complexity index is 1420. The normalized spacial score (nSPS) is 18.5. The maximum absolute atomic E-state index is 13.9. The van der Waals surface area contributed by atoms with Gasteiger partial charge in [0.2, 0.25) is 0 Å². The van der Waals surface area contributed by atoms with Crippen molar-refractivity contribution in [1.82, 2.24) is 25.2 Å². The Kier molecular flexibility index (Phi) is 6.36. The smallest absolute Gasteiger partial charge is 0.251 e. The molecule has 9 heteroatoms. The number of hydrogen-bond donors (Lipinski definition) is 1. The minimum Gasteiger partial charge on any atom is -0.355 e. The number of likely N-dealkylation sites (N-methyl/N-ethyl adjacent to an activating group) is 1. The summed E-state index contributed by atoms with van der Waals surface area (Å²) in [4.78, 5) is 35.9. The molecule has 38 heavy (non-hydrogen) atoms. The molecule has 1 fully saturated rings. The van der Waals surface area contributed by atoms with Crippen LogP contribution in [0.3, 0.4) is 0 Å². The Morgan fingerprint density at radius 3 is 2.71 bits per heavy atom. The quantitative estimate of drug-likeness (QED) is 0.536. The van der Waals surface area contributed by atoms with Crippen LogP contribution in [0.4, 0.5) is 17.3 Å². The van der Waals surface area contributed by atoms with E-state index in [4.69, 9.17) is 4.98 Å². The Morgan fingerprint density at radius 2 is 1.89 bits per heavy atom. The number of para-hydroxylation sites is 1. The molecule has 3 aromatic rings. The highest BCUT2D eigenvalue weighted by Gasteiger charge is 2.46. The number of carbonyl (C=O) groups is 1. The molecule has 1 amide bonds. The lowest BCUT2D eigenvalue weighted by Crippen LogP contribution is -2.41. The molecule has 1 aromatic carbocycles. The lowest BCUT2D eigenvalue weighted by atomic mass is 9.75. The standard InChI is InChI=1S/C29H33N7OS/c1-19-16-31-20(17-30-19)18-32-27(37)25-28-36(22-8-5-6-9-23(22)38-28)26-21(29(25,2)3)10-11-24(33-26)35-13-7-12-34(4)14-15-35/h5-6,8-11,16-17H,7,12-15,18H2,1-4H3,(H,32,37). The van der Waals surface area contributed by atoms with E-state index in [2.05, 4.69) is 75.1 Å². The van der Waals surface area contributed by atoms with Gasteiger partial charge in [-0.2, -0.15) is 0 Å². The van der Waals surface area contributed by atoms with Gasteiger partial charge in [0.1, 0.15) is 11.6 Å². The predicted octanol–water partition coefficient (Wildman–Crippen LogP) is 4.38. The van der Waals surface area contributed by atoms with Gasteiger partial charge in [0.05, 0.1) is 40.4 Å². The first kappa shape index (κ1) is 24.9. The van der Waals surface area contributed by atoms with Gasteiger partial charge < -0.3 is 15.1 Å². The molecule has 0 spiro atoms. The number of rotatable bonds is 4. The van der Waals surface area contributed by atoms with Crippen LogP contribution >= 0.6 is 11.8 Å². The molecule has 0 atom stereocenters. The van der Waals surface area contributed by atoms with Crippen LogP contribution in [0, 0.1) is 6.92 Å². The van der Waals surface area contributed by atoms with Crippen molar-refractivity contribution in [3.05, 3.63) is 76.3 Å². The van der Waals surface area contributed by atoms with Gasteiger partial charge >= 0.3 is 0 Å². The van der Waals surface area contributed by atoms with Crippen LogP contribution in [-0.4, -0.2) is 59.0 Å². The average molecular weight is 528 g/mol. The number of aromatic nitrogens is 3. The summed E-state index contributed by atoms with van der Waals surface area (Å²) in [6.07, 6.45) is 4.55. The van der Waals surface area contributed by atoms with Crippen LogP contribution in [-0.2, 0) is 16.8 Å². The van der Waals surface area contributed by atoms with Gasteiger partial charge in [0.15, 0.2) is 0 Å². The maximum Gasteiger partial charge on any atom is 0.251 e. The van der Waals surface area contributed by atoms with E-state index < -0.39 is 5.41 Å². The van der Waals surface area contributed by atoms with Crippen LogP contribution in [0.25, 0.3) is 0 Å². The third-order valence-electron chi connectivity index (χ3n) is 7.64. The van der Waals surface area contributed by atoms with Crippen molar-refractivity contribution >= 4 is 35.0 Å². The third kappa shape index (κ3) is 4.33. The van der Waals surface area contributed by atoms with Crippen LogP contribution in [0.5, 0.6) is 0 Å². The molecule has 3 aliphatic heterocycles. The summed E-state index contributed by atoms with van der Waals surface area (Å²) in [7, 11) is 2.18. The fraction of sp³-hybridized carbons (Fsp3) is 0.379. The highest BCUT2D eigenvalue weighted by molar-refractivity contribution is 8.03. The van der Waals surface area contributed by atoms with Crippen LogP contribution in [0.15, 0.2) is 64.3 Å². The maximum atomic E-state index is 13.9. The molecule has 3 aliphatic rings. The van der Waals surface area contributed by atoms with Crippen LogP contribution in [0.1, 0.15) is 37.2 Å². The Labute approximate surface area is 228 Å². The zero-order valence-electron chi connectivity index (χ0n) is 22.4. The molecule has 0 unspecified atom stereocenters. The van der Waals surface area contributed by atoms with Gasteiger partial charge in [-0.1, -0.05) is 43.8 Å². The summed E-state index contributed by atoms with van der Waals surface area (Å²) in [6, 6.07) is 12.6. The van der Waals surface area contributed by atoms with Crippen LogP contribution in [0.2, 0.25) is 0 Å². The Balaban J connectivity index is 1.40. The van der Waals surface area contributed by atoms with Gasteiger partial charge in [-0.3, -0.25) is 19.7 Å². The summed E-state index contributed by atoms with van der Waals surface area (Å²) in [5, 5.41) is 4.04. The second-order valence-corrected chi connectivity index (χ2v) is 11.8. The number of amides is 1.